The second-order valence-corrected chi connectivity index (χ2v) is 5.51. The average Bonchev–Trinajstić information content (AvgIpc) is 2.77. The van der Waals surface area contributed by atoms with Crippen LogP contribution in [0.15, 0.2) is 22.8 Å². The van der Waals surface area contributed by atoms with Gasteiger partial charge in [0.15, 0.2) is 6.29 Å². The van der Waals surface area contributed by atoms with E-state index in [1.807, 2.05) is 22.7 Å². The molecule has 0 amide bonds. The SMILES string of the molecule is O=Cc1nc(C2CCNCC2)n2ccc(Br)cc12. The summed E-state index contributed by atoms with van der Waals surface area (Å²) in [6, 6.07) is 3.93. The molecule has 1 N–H and O–H groups in total. The van der Waals surface area contributed by atoms with Crippen LogP contribution in [0.4, 0.5) is 0 Å². The minimum absolute atomic E-state index is 0.439. The zero-order valence-corrected chi connectivity index (χ0v) is 11.5. The van der Waals surface area contributed by atoms with Gasteiger partial charge in [0, 0.05) is 16.6 Å². The Kier molecular flexibility index (Phi) is 3.18. The molecular weight excluding hydrogens is 294 g/mol. The van der Waals surface area contributed by atoms with E-state index in [1.165, 1.54) is 0 Å². The maximum atomic E-state index is 11.1. The van der Waals surface area contributed by atoms with Crippen LogP contribution in [-0.2, 0) is 0 Å². The van der Waals surface area contributed by atoms with Gasteiger partial charge in [0.25, 0.3) is 0 Å². The largest absolute Gasteiger partial charge is 0.317 e. The van der Waals surface area contributed by atoms with Crippen LogP contribution >= 0.6 is 15.9 Å². The van der Waals surface area contributed by atoms with Crippen molar-refractivity contribution in [3.63, 3.8) is 0 Å². The van der Waals surface area contributed by atoms with Crippen LogP contribution in [0.5, 0.6) is 0 Å². The fourth-order valence-corrected chi connectivity index (χ4v) is 2.90. The maximum absolute atomic E-state index is 11.1. The third-order valence-corrected chi connectivity index (χ3v) is 3.97. The molecule has 2 aromatic rings. The third kappa shape index (κ3) is 1.97. The highest BCUT2D eigenvalue weighted by Gasteiger charge is 2.21. The first-order chi connectivity index (χ1) is 8.79. The number of piperidine rings is 1. The number of carbonyl (C=O) groups excluding carboxylic acids is 1. The van der Waals surface area contributed by atoms with E-state index in [1.54, 1.807) is 0 Å². The van der Waals surface area contributed by atoms with Crippen LogP contribution in [-0.4, -0.2) is 28.8 Å². The minimum Gasteiger partial charge on any atom is -0.317 e. The molecule has 0 aromatic carbocycles. The van der Waals surface area contributed by atoms with Crippen molar-refractivity contribution < 1.29 is 4.79 Å². The summed E-state index contributed by atoms with van der Waals surface area (Å²) in [4.78, 5) is 15.6. The Balaban J connectivity index is 2.13. The molecule has 0 spiro atoms. The second kappa shape index (κ2) is 4.82. The molecule has 18 heavy (non-hydrogen) atoms. The summed E-state index contributed by atoms with van der Waals surface area (Å²) in [5.74, 6) is 1.45. The first-order valence-electron chi connectivity index (χ1n) is 6.13. The molecule has 0 atom stereocenters. The molecule has 5 heteroatoms. The lowest BCUT2D eigenvalue weighted by molar-refractivity contribution is 0.112. The third-order valence-electron chi connectivity index (χ3n) is 3.48. The molecule has 94 valence electrons. The lowest BCUT2D eigenvalue weighted by atomic mass is 9.97. The molecule has 0 radical (unpaired) electrons. The van der Waals surface area contributed by atoms with Gasteiger partial charge in [-0.1, -0.05) is 15.9 Å². The van der Waals surface area contributed by atoms with Gasteiger partial charge in [-0.2, -0.15) is 0 Å². The van der Waals surface area contributed by atoms with E-state index >= 15 is 0 Å². The van der Waals surface area contributed by atoms with E-state index in [-0.39, 0.29) is 0 Å². The molecule has 3 rings (SSSR count). The van der Waals surface area contributed by atoms with Crippen molar-refractivity contribution in [3.05, 3.63) is 34.3 Å². The van der Waals surface area contributed by atoms with Crippen LogP contribution in [0.1, 0.15) is 35.1 Å². The van der Waals surface area contributed by atoms with Gasteiger partial charge in [0.2, 0.25) is 0 Å². The normalized spacial score (nSPS) is 17.2. The number of aldehydes is 1. The van der Waals surface area contributed by atoms with Crippen LogP contribution in [0, 0.1) is 0 Å². The molecule has 1 aliphatic rings. The molecule has 0 aliphatic carbocycles. The number of fused-ring (bicyclic) bond motifs is 1. The standard InChI is InChI=1S/C13H14BrN3O/c14-10-3-6-17-12(7-10)11(8-18)16-13(17)9-1-4-15-5-2-9/h3,6-9,15H,1-2,4-5H2. The number of carbonyl (C=O) groups is 1. The molecule has 0 bridgehead atoms. The summed E-state index contributed by atoms with van der Waals surface area (Å²) < 4.78 is 3.01. The first-order valence-corrected chi connectivity index (χ1v) is 6.92. The van der Waals surface area contributed by atoms with E-state index < -0.39 is 0 Å². The minimum atomic E-state index is 0.439. The fraction of sp³-hybridized carbons (Fsp3) is 0.385. The Labute approximate surface area is 114 Å². The van der Waals surface area contributed by atoms with Crippen molar-refractivity contribution >= 4 is 27.7 Å². The molecule has 0 unspecified atom stereocenters. The van der Waals surface area contributed by atoms with E-state index in [4.69, 9.17) is 0 Å². The zero-order chi connectivity index (χ0) is 12.5. The van der Waals surface area contributed by atoms with Crippen molar-refractivity contribution in [2.75, 3.05) is 13.1 Å². The first kappa shape index (κ1) is 11.9. The highest BCUT2D eigenvalue weighted by molar-refractivity contribution is 9.10. The molecule has 2 aromatic heterocycles. The highest BCUT2D eigenvalue weighted by Crippen LogP contribution is 2.27. The molecule has 1 saturated heterocycles. The number of nitrogens with one attached hydrogen (secondary N) is 1. The number of pyridine rings is 1. The summed E-state index contributed by atoms with van der Waals surface area (Å²) in [6.07, 6.45) is 4.98. The Bertz CT molecular complexity index is 587. The van der Waals surface area contributed by atoms with E-state index in [2.05, 4.69) is 26.2 Å². The monoisotopic (exact) mass is 307 g/mol. The van der Waals surface area contributed by atoms with E-state index in [0.29, 0.717) is 11.6 Å². The number of imidazole rings is 1. The topological polar surface area (TPSA) is 46.4 Å². The number of halogens is 1. The predicted molar refractivity (Wildman–Crippen MR) is 73.1 cm³/mol. The number of rotatable bonds is 2. The average molecular weight is 308 g/mol. The summed E-state index contributed by atoms with van der Waals surface area (Å²) >= 11 is 3.43. The van der Waals surface area contributed by atoms with E-state index in [0.717, 1.165) is 48.0 Å². The summed E-state index contributed by atoms with van der Waals surface area (Å²) in [5.41, 5.74) is 1.41. The van der Waals surface area contributed by atoms with Crippen molar-refractivity contribution in [1.29, 1.82) is 0 Å². The molecule has 1 aliphatic heterocycles. The molecule has 4 nitrogen and oxygen atoms in total. The molecule has 3 heterocycles. The van der Waals surface area contributed by atoms with Crippen LogP contribution < -0.4 is 5.32 Å². The van der Waals surface area contributed by atoms with Crippen LogP contribution in [0.25, 0.3) is 5.52 Å². The number of aromatic nitrogens is 2. The zero-order valence-electron chi connectivity index (χ0n) is 9.90. The van der Waals surface area contributed by atoms with Gasteiger partial charge >= 0.3 is 0 Å². The quantitative estimate of drug-likeness (QED) is 0.867. The van der Waals surface area contributed by atoms with Crippen molar-refractivity contribution in [1.82, 2.24) is 14.7 Å². The Morgan fingerprint density at radius 2 is 2.22 bits per heavy atom. The maximum Gasteiger partial charge on any atom is 0.170 e. The van der Waals surface area contributed by atoms with Gasteiger partial charge in [-0.25, -0.2) is 4.98 Å². The summed E-state index contributed by atoms with van der Waals surface area (Å²) in [5, 5.41) is 3.35. The molecule has 1 fully saturated rings. The van der Waals surface area contributed by atoms with Gasteiger partial charge in [-0.15, -0.1) is 0 Å². The van der Waals surface area contributed by atoms with Gasteiger partial charge in [-0.3, -0.25) is 4.79 Å². The van der Waals surface area contributed by atoms with Crippen molar-refractivity contribution in [2.24, 2.45) is 0 Å². The van der Waals surface area contributed by atoms with Gasteiger partial charge < -0.3 is 9.72 Å². The van der Waals surface area contributed by atoms with Gasteiger partial charge in [0.1, 0.15) is 11.5 Å². The predicted octanol–water partition coefficient (Wildman–Crippen LogP) is 2.38. The molecule has 0 saturated carbocycles. The second-order valence-electron chi connectivity index (χ2n) is 4.60. The summed E-state index contributed by atoms with van der Waals surface area (Å²) in [6.45, 7) is 2.04. The Hall–Kier alpha value is -1.20. The number of hydrogen-bond donors (Lipinski definition) is 1. The van der Waals surface area contributed by atoms with E-state index in [9.17, 15) is 4.79 Å². The summed E-state index contributed by atoms with van der Waals surface area (Å²) in [7, 11) is 0. The lowest BCUT2D eigenvalue weighted by Gasteiger charge is -2.21. The molecular formula is C13H14BrN3O. The Morgan fingerprint density at radius 1 is 1.44 bits per heavy atom. The highest BCUT2D eigenvalue weighted by atomic mass is 79.9. The lowest BCUT2D eigenvalue weighted by Crippen LogP contribution is -2.27. The van der Waals surface area contributed by atoms with Gasteiger partial charge in [0.05, 0.1) is 5.52 Å². The van der Waals surface area contributed by atoms with Crippen molar-refractivity contribution in [3.8, 4) is 0 Å². The number of hydrogen-bond acceptors (Lipinski definition) is 3. The Morgan fingerprint density at radius 3 is 2.94 bits per heavy atom. The van der Waals surface area contributed by atoms with Crippen LogP contribution in [0.2, 0.25) is 0 Å². The number of nitrogens with zero attached hydrogens (tertiary/aromatic N) is 2. The van der Waals surface area contributed by atoms with Crippen molar-refractivity contribution in [2.45, 2.75) is 18.8 Å². The smallest absolute Gasteiger partial charge is 0.170 e. The fourth-order valence-electron chi connectivity index (χ4n) is 2.56. The van der Waals surface area contributed by atoms with Gasteiger partial charge in [-0.05, 0) is 38.1 Å². The van der Waals surface area contributed by atoms with Crippen LogP contribution in [0.3, 0.4) is 0 Å².